The van der Waals surface area contributed by atoms with Crippen molar-refractivity contribution in [2.75, 3.05) is 6.61 Å². The molecule has 1 aromatic rings. The fraction of sp³-hybridized carbons (Fsp3) is 0.625. The maximum Gasteiger partial charge on any atom is 0.124 e. The molecule has 1 N–H and O–H groups in total. The van der Waals surface area contributed by atoms with Gasteiger partial charge in [-0.25, -0.2) is 0 Å². The van der Waals surface area contributed by atoms with Gasteiger partial charge in [0.2, 0.25) is 0 Å². The van der Waals surface area contributed by atoms with Crippen molar-refractivity contribution in [3.05, 3.63) is 29.8 Å². The van der Waals surface area contributed by atoms with Gasteiger partial charge in [0.15, 0.2) is 0 Å². The van der Waals surface area contributed by atoms with Crippen LogP contribution in [0.15, 0.2) is 24.3 Å². The van der Waals surface area contributed by atoms with Crippen LogP contribution in [0.4, 0.5) is 0 Å². The summed E-state index contributed by atoms with van der Waals surface area (Å²) in [7, 11) is 0. The third-order valence-corrected chi connectivity index (χ3v) is 3.29. The highest BCUT2D eigenvalue weighted by atomic mass is 16.5. The molecule has 2 nitrogen and oxygen atoms in total. The van der Waals surface area contributed by atoms with E-state index in [0.29, 0.717) is 12.1 Å². The molecule has 0 spiro atoms. The van der Waals surface area contributed by atoms with Gasteiger partial charge >= 0.3 is 0 Å². The van der Waals surface area contributed by atoms with Crippen molar-refractivity contribution in [1.29, 1.82) is 0 Å². The van der Waals surface area contributed by atoms with E-state index in [4.69, 9.17) is 4.74 Å². The Labute approximate surface area is 112 Å². The third-order valence-electron chi connectivity index (χ3n) is 3.29. The van der Waals surface area contributed by atoms with Gasteiger partial charge in [0.05, 0.1) is 6.61 Å². The average Bonchev–Trinajstić information content (AvgIpc) is 2.39. The van der Waals surface area contributed by atoms with Crippen molar-refractivity contribution in [1.82, 2.24) is 5.32 Å². The molecule has 0 heterocycles. The van der Waals surface area contributed by atoms with Crippen molar-refractivity contribution >= 4 is 0 Å². The summed E-state index contributed by atoms with van der Waals surface area (Å²) in [6.07, 6.45) is 3.42. The number of unbranched alkanes of at least 4 members (excludes halogenated alkanes) is 1. The van der Waals surface area contributed by atoms with Crippen molar-refractivity contribution in [2.24, 2.45) is 0 Å². The van der Waals surface area contributed by atoms with Gasteiger partial charge in [0.25, 0.3) is 0 Å². The number of hydrogen-bond donors (Lipinski definition) is 1. The summed E-state index contributed by atoms with van der Waals surface area (Å²) in [4.78, 5) is 0. The van der Waals surface area contributed by atoms with E-state index in [2.05, 4.69) is 51.2 Å². The molecule has 0 amide bonds. The molecule has 2 atom stereocenters. The Kier molecular flexibility index (Phi) is 6.81. The van der Waals surface area contributed by atoms with Gasteiger partial charge in [-0.05, 0) is 32.8 Å². The zero-order chi connectivity index (χ0) is 13.4. The van der Waals surface area contributed by atoms with E-state index in [0.717, 1.165) is 25.2 Å². The van der Waals surface area contributed by atoms with Gasteiger partial charge in [-0.1, -0.05) is 38.5 Å². The first-order chi connectivity index (χ1) is 8.69. The lowest BCUT2D eigenvalue weighted by molar-refractivity contribution is 0.302. The van der Waals surface area contributed by atoms with Crippen molar-refractivity contribution in [3.8, 4) is 5.75 Å². The number of benzene rings is 1. The van der Waals surface area contributed by atoms with Crippen molar-refractivity contribution in [3.63, 3.8) is 0 Å². The van der Waals surface area contributed by atoms with E-state index < -0.39 is 0 Å². The van der Waals surface area contributed by atoms with E-state index in [1.165, 1.54) is 12.0 Å². The molecular formula is C16H27NO. The fourth-order valence-corrected chi connectivity index (χ4v) is 1.93. The lowest BCUT2D eigenvalue weighted by Gasteiger charge is -2.21. The first-order valence-corrected chi connectivity index (χ1v) is 7.16. The monoisotopic (exact) mass is 249 g/mol. The first kappa shape index (κ1) is 15.0. The number of rotatable bonds is 8. The average molecular weight is 249 g/mol. The second-order valence-corrected chi connectivity index (χ2v) is 4.94. The largest absolute Gasteiger partial charge is 0.493 e. The SMILES string of the molecule is CCCCOc1ccccc1C(C)NC(C)CC. The lowest BCUT2D eigenvalue weighted by atomic mass is 10.1. The standard InChI is InChI=1S/C16H27NO/c1-5-7-12-18-16-11-9-8-10-15(16)14(4)17-13(3)6-2/h8-11,13-14,17H,5-7,12H2,1-4H3. The minimum atomic E-state index is 0.331. The van der Waals surface area contributed by atoms with Gasteiger partial charge in [-0.3, -0.25) is 0 Å². The summed E-state index contributed by atoms with van der Waals surface area (Å²) in [5.74, 6) is 1.02. The van der Waals surface area contributed by atoms with Crippen LogP contribution in [-0.2, 0) is 0 Å². The van der Waals surface area contributed by atoms with Crippen LogP contribution in [0.3, 0.4) is 0 Å². The lowest BCUT2D eigenvalue weighted by Crippen LogP contribution is -2.28. The summed E-state index contributed by atoms with van der Waals surface area (Å²) < 4.78 is 5.87. The summed E-state index contributed by atoms with van der Waals surface area (Å²) in [5, 5.41) is 3.60. The van der Waals surface area contributed by atoms with Crippen LogP contribution in [0.2, 0.25) is 0 Å². The number of nitrogens with one attached hydrogen (secondary N) is 1. The molecule has 0 aliphatic heterocycles. The van der Waals surface area contributed by atoms with Crippen LogP contribution in [0.25, 0.3) is 0 Å². The van der Waals surface area contributed by atoms with E-state index in [-0.39, 0.29) is 0 Å². The third kappa shape index (κ3) is 4.69. The molecule has 0 saturated heterocycles. The molecule has 1 rings (SSSR count). The molecule has 0 saturated carbocycles. The maximum atomic E-state index is 5.87. The molecule has 2 unspecified atom stereocenters. The van der Waals surface area contributed by atoms with Crippen LogP contribution in [0.1, 0.15) is 58.6 Å². The second kappa shape index (κ2) is 8.15. The molecule has 102 valence electrons. The van der Waals surface area contributed by atoms with E-state index >= 15 is 0 Å². The number of ether oxygens (including phenoxy) is 1. The normalized spacial score (nSPS) is 14.2. The Hall–Kier alpha value is -1.02. The zero-order valence-corrected chi connectivity index (χ0v) is 12.2. The van der Waals surface area contributed by atoms with Crippen LogP contribution in [0.5, 0.6) is 5.75 Å². The topological polar surface area (TPSA) is 21.3 Å². The van der Waals surface area contributed by atoms with E-state index in [9.17, 15) is 0 Å². The Balaban J connectivity index is 2.68. The van der Waals surface area contributed by atoms with Crippen LogP contribution >= 0.6 is 0 Å². The smallest absolute Gasteiger partial charge is 0.124 e. The molecule has 2 heteroatoms. The quantitative estimate of drug-likeness (QED) is 0.693. The zero-order valence-electron chi connectivity index (χ0n) is 12.2. The molecule has 0 fully saturated rings. The summed E-state index contributed by atoms with van der Waals surface area (Å²) in [6, 6.07) is 9.21. The van der Waals surface area contributed by atoms with E-state index in [1.54, 1.807) is 0 Å². The fourth-order valence-electron chi connectivity index (χ4n) is 1.93. The molecule has 1 aromatic carbocycles. The first-order valence-electron chi connectivity index (χ1n) is 7.16. The molecular weight excluding hydrogens is 222 g/mol. The summed E-state index contributed by atoms with van der Waals surface area (Å²) in [5.41, 5.74) is 1.26. The Morgan fingerprint density at radius 1 is 1.17 bits per heavy atom. The molecule has 0 aromatic heterocycles. The molecule has 0 aliphatic carbocycles. The van der Waals surface area contributed by atoms with Gasteiger partial charge in [0.1, 0.15) is 5.75 Å². The van der Waals surface area contributed by atoms with Crippen LogP contribution < -0.4 is 10.1 Å². The maximum absolute atomic E-state index is 5.87. The van der Waals surface area contributed by atoms with E-state index in [1.807, 2.05) is 6.07 Å². The Bertz CT molecular complexity index is 338. The molecule has 0 radical (unpaired) electrons. The van der Waals surface area contributed by atoms with Gasteiger partial charge in [-0.15, -0.1) is 0 Å². The second-order valence-electron chi connectivity index (χ2n) is 4.94. The minimum absolute atomic E-state index is 0.331. The van der Waals surface area contributed by atoms with Crippen molar-refractivity contribution < 1.29 is 4.74 Å². The minimum Gasteiger partial charge on any atom is -0.493 e. The Morgan fingerprint density at radius 2 is 1.89 bits per heavy atom. The van der Waals surface area contributed by atoms with Gasteiger partial charge in [0, 0.05) is 17.6 Å². The highest BCUT2D eigenvalue weighted by Gasteiger charge is 2.12. The van der Waals surface area contributed by atoms with Gasteiger partial charge in [-0.2, -0.15) is 0 Å². The molecule has 0 aliphatic rings. The summed E-state index contributed by atoms with van der Waals surface area (Å²) in [6.45, 7) is 9.62. The summed E-state index contributed by atoms with van der Waals surface area (Å²) >= 11 is 0. The number of hydrogen-bond acceptors (Lipinski definition) is 2. The van der Waals surface area contributed by atoms with Crippen molar-refractivity contribution in [2.45, 2.75) is 59.0 Å². The molecule has 0 bridgehead atoms. The Morgan fingerprint density at radius 3 is 2.56 bits per heavy atom. The highest BCUT2D eigenvalue weighted by molar-refractivity contribution is 5.35. The van der Waals surface area contributed by atoms with Gasteiger partial charge < -0.3 is 10.1 Å². The van der Waals surface area contributed by atoms with Crippen LogP contribution in [-0.4, -0.2) is 12.6 Å². The molecule has 18 heavy (non-hydrogen) atoms. The predicted octanol–water partition coefficient (Wildman–Crippen LogP) is 4.31. The highest BCUT2D eigenvalue weighted by Crippen LogP contribution is 2.25. The van der Waals surface area contributed by atoms with Crippen LogP contribution in [0, 0.1) is 0 Å². The predicted molar refractivity (Wildman–Crippen MR) is 78.1 cm³/mol. The number of para-hydroxylation sites is 1.